The zero-order chi connectivity index (χ0) is 23.4. The van der Waals surface area contributed by atoms with Crippen LogP contribution in [-0.4, -0.2) is 85.8 Å². The number of piperidine rings is 1. The lowest BCUT2D eigenvalue weighted by molar-refractivity contribution is -0.123. The Bertz CT molecular complexity index is 954. The molecule has 2 aliphatic heterocycles. The van der Waals surface area contributed by atoms with E-state index in [0.717, 1.165) is 70.0 Å². The summed E-state index contributed by atoms with van der Waals surface area (Å²) in [5.41, 5.74) is 2.67. The van der Waals surface area contributed by atoms with Crippen molar-refractivity contribution in [1.29, 1.82) is 0 Å². The number of carbonyl (C=O) groups is 1. The number of likely N-dealkylation sites (tertiary alicyclic amines) is 1. The van der Waals surface area contributed by atoms with Crippen molar-refractivity contribution >= 4 is 16.8 Å². The summed E-state index contributed by atoms with van der Waals surface area (Å²) in [6.45, 7) is 6.81. The molecule has 34 heavy (non-hydrogen) atoms. The van der Waals surface area contributed by atoms with Gasteiger partial charge in [0.2, 0.25) is 5.91 Å². The Balaban J connectivity index is 1.13. The third-order valence-electron chi connectivity index (χ3n) is 8.40. The molecule has 3 heterocycles. The first-order valence-electron chi connectivity index (χ1n) is 13.1. The lowest BCUT2D eigenvalue weighted by Gasteiger charge is -2.48. The topological polar surface area (TPSA) is 69.8 Å². The molecule has 5 rings (SSSR count). The molecule has 0 unspecified atom stereocenters. The lowest BCUT2D eigenvalue weighted by atomic mass is 9.79. The van der Waals surface area contributed by atoms with Crippen LogP contribution in [-0.2, 0) is 9.53 Å². The number of nitrogens with one attached hydrogen (secondary N) is 2. The minimum atomic E-state index is 0.126. The maximum atomic E-state index is 12.9. The summed E-state index contributed by atoms with van der Waals surface area (Å²) in [5, 5.41) is 4.59. The summed E-state index contributed by atoms with van der Waals surface area (Å²) >= 11 is 0. The van der Waals surface area contributed by atoms with Crippen molar-refractivity contribution in [3.63, 3.8) is 0 Å². The van der Waals surface area contributed by atoms with E-state index in [-0.39, 0.29) is 11.4 Å². The van der Waals surface area contributed by atoms with E-state index in [9.17, 15) is 4.79 Å². The fourth-order valence-corrected chi connectivity index (χ4v) is 6.36. The van der Waals surface area contributed by atoms with Gasteiger partial charge in [0.1, 0.15) is 5.75 Å². The van der Waals surface area contributed by atoms with E-state index in [1.807, 2.05) is 6.07 Å². The van der Waals surface area contributed by atoms with Gasteiger partial charge >= 0.3 is 0 Å². The first-order valence-corrected chi connectivity index (χ1v) is 13.1. The van der Waals surface area contributed by atoms with Gasteiger partial charge in [0.15, 0.2) is 0 Å². The van der Waals surface area contributed by atoms with Crippen LogP contribution in [0.2, 0.25) is 0 Å². The van der Waals surface area contributed by atoms with Gasteiger partial charge in [-0.15, -0.1) is 0 Å². The van der Waals surface area contributed by atoms with E-state index in [4.69, 9.17) is 9.47 Å². The van der Waals surface area contributed by atoms with Crippen LogP contribution in [0.3, 0.4) is 0 Å². The Labute approximate surface area is 203 Å². The average Bonchev–Trinajstić information content (AvgIpc) is 3.32. The van der Waals surface area contributed by atoms with Crippen molar-refractivity contribution in [2.24, 2.45) is 0 Å². The second kappa shape index (κ2) is 10.7. The molecule has 2 saturated heterocycles. The first kappa shape index (κ1) is 23.6. The van der Waals surface area contributed by atoms with E-state index < -0.39 is 0 Å². The zero-order valence-corrected chi connectivity index (χ0v) is 20.6. The lowest BCUT2D eigenvalue weighted by Crippen LogP contribution is -2.60. The minimum absolute atomic E-state index is 0.126. The second-order valence-corrected chi connectivity index (χ2v) is 10.4. The molecule has 1 amide bonds. The van der Waals surface area contributed by atoms with Crippen LogP contribution in [0.15, 0.2) is 24.4 Å². The molecule has 2 aromatic rings. The molecule has 2 N–H and O–H groups in total. The molecule has 0 spiro atoms. The van der Waals surface area contributed by atoms with Gasteiger partial charge in [0, 0.05) is 42.3 Å². The summed E-state index contributed by atoms with van der Waals surface area (Å²) in [6, 6.07) is 6.23. The van der Waals surface area contributed by atoms with Crippen LogP contribution >= 0.6 is 0 Å². The van der Waals surface area contributed by atoms with E-state index in [1.54, 1.807) is 7.11 Å². The quantitative estimate of drug-likeness (QED) is 0.651. The number of carbonyl (C=O) groups excluding carboxylic acids is 1. The van der Waals surface area contributed by atoms with Gasteiger partial charge < -0.3 is 19.8 Å². The van der Waals surface area contributed by atoms with Gasteiger partial charge in [-0.3, -0.25) is 14.6 Å². The van der Waals surface area contributed by atoms with Crippen LogP contribution in [0.1, 0.15) is 56.4 Å². The molecule has 7 heteroatoms. The van der Waals surface area contributed by atoms with Crippen LogP contribution in [0.5, 0.6) is 5.75 Å². The van der Waals surface area contributed by atoms with Crippen molar-refractivity contribution in [1.82, 2.24) is 20.1 Å². The standard InChI is InChI=1S/C27H40N4O3/c1-33-22-5-6-25-23(17-22)24(18-28-25)21-7-11-30(12-8-21)19-26(32)29-20-27(9-3-2-4-10-27)31-13-15-34-16-14-31/h5-6,17-18,21,28H,2-4,7-16,19-20H2,1H3,(H,29,32). The minimum Gasteiger partial charge on any atom is -0.497 e. The van der Waals surface area contributed by atoms with Crippen molar-refractivity contribution in [3.05, 3.63) is 30.0 Å². The fraction of sp³-hybridized carbons (Fsp3) is 0.667. The van der Waals surface area contributed by atoms with Gasteiger partial charge in [0.05, 0.1) is 26.9 Å². The highest BCUT2D eigenvalue weighted by Crippen LogP contribution is 2.35. The number of benzene rings is 1. The molecule has 1 aromatic heterocycles. The molecule has 7 nitrogen and oxygen atoms in total. The van der Waals surface area contributed by atoms with Crippen molar-refractivity contribution in [3.8, 4) is 5.75 Å². The number of morpholine rings is 1. The van der Waals surface area contributed by atoms with Crippen LogP contribution < -0.4 is 10.1 Å². The Morgan fingerprint density at radius 1 is 1.15 bits per heavy atom. The summed E-state index contributed by atoms with van der Waals surface area (Å²) in [7, 11) is 1.72. The number of ether oxygens (including phenoxy) is 2. The maximum Gasteiger partial charge on any atom is 0.234 e. The summed E-state index contributed by atoms with van der Waals surface area (Å²) in [4.78, 5) is 21.3. The largest absolute Gasteiger partial charge is 0.497 e. The van der Waals surface area contributed by atoms with Crippen LogP contribution in [0.4, 0.5) is 0 Å². The number of nitrogens with zero attached hydrogens (tertiary/aromatic N) is 2. The summed E-state index contributed by atoms with van der Waals surface area (Å²) in [6.07, 6.45) is 10.5. The first-order chi connectivity index (χ1) is 16.7. The Morgan fingerprint density at radius 3 is 2.65 bits per heavy atom. The van der Waals surface area contributed by atoms with Crippen molar-refractivity contribution in [2.45, 2.75) is 56.4 Å². The maximum absolute atomic E-state index is 12.9. The van der Waals surface area contributed by atoms with Gasteiger partial charge in [-0.05, 0) is 68.5 Å². The molecular formula is C27H40N4O3. The molecule has 186 valence electrons. The Hall–Kier alpha value is -2.09. The van der Waals surface area contributed by atoms with Crippen molar-refractivity contribution in [2.75, 3.05) is 59.6 Å². The number of amides is 1. The van der Waals surface area contributed by atoms with Gasteiger partial charge in [-0.1, -0.05) is 19.3 Å². The normalized spacial score (nSPS) is 22.6. The predicted molar refractivity (Wildman–Crippen MR) is 134 cm³/mol. The summed E-state index contributed by atoms with van der Waals surface area (Å²) in [5.74, 6) is 1.59. The highest BCUT2D eigenvalue weighted by molar-refractivity contribution is 5.85. The van der Waals surface area contributed by atoms with Crippen LogP contribution in [0.25, 0.3) is 10.9 Å². The molecule has 0 atom stereocenters. The number of hydrogen-bond acceptors (Lipinski definition) is 5. The number of aromatic nitrogens is 1. The molecule has 0 bridgehead atoms. The number of methoxy groups -OCH3 is 1. The highest BCUT2D eigenvalue weighted by Gasteiger charge is 2.39. The van der Waals surface area contributed by atoms with E-state index >= 15 is 0 Å². The summed E-state index contributed by atoms with van der Waals surface area (Å²) < 4.78 is 11.0. The van der Waals surface area contributed by atoms with E-state index in [0.29, 0.717) is 12.5 Å². The second-order valence-electron chi connectivity index (χ2n) is 10.4. The fourth-order valence-electron chi connectivity index (χ4n) is 6.36. The third kappa shape index (κ3) is 5.11. The van der Waals surface area contributed by atoms with Gasteiger partial charge in [-0.25, -0.2) is 0 Å². The number of hydrogen-bond donors (Lipinski definition) is 2. The highest BCUT2D eigenvalue weighted by atomic mass is 16.5. The predicted octanol–water partition coefficient (Wildman–Crippen LogP) is 3.51. The third-order valence-corrected chi connectivity index (χ3v) is 8.40. The monoisotopic (exact) mass is 468 g/mol. The van der Waals surface area contributed by atoms with E-state index in [2.05, 4.69) is 38.4 Å². The molecule has 3 aliphatic rings. The number of H-pyrrole nitrogens is 1. The molecule has 0 radical (unpaired) electrons. The average molecular weight is 469 g/mol. The van der Waals surface area contributed by atoms with Crippen molar-refractivity contribution < 1.29 is 14.3 Å². The molecule has 1 saturated carbocycles. The van der Waals surface area contributed by atoms with Crippen LogP contribution in [0, 0.1) is 0 Å². The Morgan fingerprint density at radius 2 is 1.91 bits per heavy atom. The molecular weight excluding hydrogens is 428 g/mol. The Kier molecular flexibility index (Phi) is 7.42. The number of fused-ring (bicyclic) bond motifs is 1. The smallest absolute Gasteiger partial charge is 0.234 e. The van der Waals surface area contributed by atoms with E-state index in [1.165, 1.54) is 43.1 Å². The zero-order valence-electron chi connectivity index (χ0n) is 20.6. The molecule has 1 aromatic carbocycles. The SMILES string of the molecule is COc1ccc2[nH]cc(C3CCN(CC(=O)NCC4(N5CCOCC5)CCCCC4)CC3)c2c1. The van der Waals surface area contributed by atoms with Gasteiger partial charge in [-0.2, -0.15) is 0 Å². The van der Waals surface area contributed by atoms with Gasteiger partial charge in [0.25, 0.3) is 0 Å². The number of aromatic amines is 1. The number of rotatable bonds is 7. The molecule has 3 fully saturated rings. The molecule has 1 aliphatic carbocycles.